The number of allylic oxidation sites excluding steroid dienone is 2. The largest absolute Gasteiger partial charge is 0.425 e. The summed E-state index contributed by atoms with van der Waals surface area (Å²) in [4.78, 5) is 41.3. The van der Waals surface area contributed by atoms with Gasteiger partial charge in [0.2, 0.25) is 11.8 Å². The van der Waals surface area contributed by atoms with E-state index in [4.69, 9.17) is 4.74 Å². The second-order valence-electron chi connectivity index (χ2n) is 11.1. The van der Waals surface area contributed by atoms with E-state index in [1.807, 2.05) is 26.0 Å². The monoisotopic (exact) mass is 421 g/mol. The van der Waals surface area contributed by atoms with Crippen LogP contribution in [-0.4, -0.2) is 28.7 Å². The molecule has 6 rings (SSSR count). The first-order valence-corrected chi connectivity index (χ1v) is 11.5. The zero-order valence-corrected chi connectivity index (χ0v) is 18.9. The summed E-state index contributed by atoms with van der Waals surface area (Å²) in [6.07, 6.45) is 5.42. The van der Waals surface area contributed by atoms with E-state index in [0.717, 1.165) is 12.0 Å². The summed E-state index contributed by atoms with van der Waals surface area (Å²) in [5, 5.41) is 0. The van der Waals surface area contributed by atoms with Gasteiger partial charge in [-0.15, -0.1) is 0 Å². The number of carbonyl (C=O) groups is 3. The van der Waals surface area contributed by atoms with Gasteiger partial charge in [-0.25, -0.2) is 4.79 Å². The number of esters is 1. The van der Waals surface area contributed by atoms with Crippen molar-refractivity contribution in [3.8, 4) is 5.75 Å². The average molecular weight is 422 g/mol. The lowest BCUT2D eigenvalue weighted by molar-refractivity contribution is -0.155. The summed E-state index contributed by atoms with van der Waals surface area (Å²) in [6, 6.07) is 6.55. The second-order valence-corrected chi connectivity index (χ2v) is 11.1. The smallest absolute Gasteiger partial charge is 0.335 e. The highest BCUT2D eigenvalue weighted by molar-refractivity contribution is 6.09. The highest BCUT2D eigenvalue weighted by Crippen LogP contribution is 2.65. The van der Waals surface area contributed by atoms with Crippen LogP contribution in [0.15, 0.2) is 36.4 Å². The van der Waals surface area contributed by atoms with Crippen LogP contribution in [0, 0.1) is 41.4 Å². The van der Waals surface area contributed by atoms with Gasteiger partial charge < -0.3 is 4.74 Å². The van der Waals surface area contributed by atoms with Gasteiger partial charge in [0.25, 0.3) is 0 Å². The maximum absolute atomic E-state index is 13.4. The third-order valence-corrected chi connectivity index (χ3v) is 7.79. The first-order valence-electron chi connectivity index (χ1n) is 11.5. The van der Waals surface area contributed by atoms with Crippen LogP contribution in [0.5, 0.6) is 5.75 Å². The fourth-order valence-corrected chi connectivity index (χ4v) is 6.13. The molecule has 4 aliphatic carbocycles. The van der Waals surface area contributed by atoms with Crippen LogP contribution in [0.25, 0.3) is 0 Å². The van der Waals surface area contributed by atoms with Crippen molar-refractivity contribution in [1.29, 1.82) is 0 Å². The van der Waals surface area contributed by atoms with Crippen molar-refractivity contribution in [1.82, 2.24) is 4.90 Å². The van der Waals surface area contributed by atoms with E-state index in [2.05, 4.69) is 32.9 Å². The van der Waals surface area contributed by atoms with Crippen molar-refractivity contribution in [3.63, 3.8) is 0 Å². The summed E-state index contributed by atoms with van der Waals surface area (Å²) >= 11 is 0. The van der Waals surface area contributed by atoms with Gasteiger partial charge in [-0.3, -0.25) is 14.5 Å². The van der Waals surface area contributed by atoms with Crippen molar-refractivity contribution in [2.75, 3.05) is 0 Å². The molecule has 7 atom stereocenters. The van der Waals surface area contributed by atoms with Gasteiger partial charge in [-0.05, 0) is 59.1 Å². The van der Waals surface area contributed by atoms with Gasteiger partial charge in [0.15, 0.2) is 0 Å². The van der Waals surface area contributed by atoms with Gasteiger partial charge in [-0.2, -0.15) is 0 Å². The van der Waals surface area contributed by atoms with Crippen LogP contribution in [-0.2, 0) is 19.8 Å². The van der Waals surface area contributed by atoms with Crippen LogP contribution in [0.1, 0.15) is 46.6 Å². The number of carbonyl (C=O) groups excluding carboxylic acids is 3. The molecule has 5 heteroatoms. The molecule has 1 aliphatic heterocycles. The van der Waals surface area contributed by atoms with E-state index >= 15 is 0 Å². The third-order valence-electron chi connectivity index (χ3n) is 7.79. The van der Waals surface area contributed by atoms with Crippen molar-refractivity contribution in [2.24, 2.45) is 41.4 Å². The molecule has 0 radical (unpaired) electrons. The van der Waals surface area contributed by atoms with Crippen LogP contribution < -0.4 is 4.74 Å². The molecule has 2 bridgehead atoms. The van der Waals surface area contributed by atoms with Gasteiger partial charge in [0.1, 0.15) is 11.8 Å². The van der Waals surface area contributed by atoms with Gasteiger partial charge >= 0.3 is 5.97 Å². The number of hydrogen-bond donors (Lipinski definition) is 0. The van der Waals surface area contributed by atoms with Crippen LogP contribution in [0.3, 0.4) is 0 Å². The van der Waals surface area contributed by atoms with Crippen molar-refractivity contribution in [2.45, 2.75) is 52.5 Å². The van der Waals surface area contributed by atoms with E-state index in [1.54, 1.807) is 12.1 Å². The number of ether oxygens (including phenoxy) is 1. The predicted octanol–water partition coefficient (Wildman–Crippen LogP) is 3.97. The van der Waals surface area contributed by atoms with Crippen molar-refractivity contribution >= 4 is 17.8 Å². The minimum atomic E-state index is -0.899. The summed E-state index contributed by atoms with van der Waals surface area (Å²) in [7, 11) is 0. The summed E-state index contributed by atoms with van der Waals surface area (Å²) in [6.45, 7) is 10.1. The Kier molecular flexibility index (Phi) is 4.48. The Morgan fingerprint density at radius 1 is 0.968 bits per heavy atom. The number of amides is 2. The Labute approximate surface area is 183 Å². The van der Waals surface area contributed by atoms with E-state index in [1.165, 1.54) is 4.90 Å². The molecule has 2 amide bonds. The fraction of sp³-hybridized carbons (Fsp3) is 0.577. The molecule has 164 valence electrons. The summed E-state index contributed by atoms with van der Waals surface area (Å²) in [5.41, 5.74) is 1.14. The Morgan fingerprint density at radius 3 is 1.94 bits per heavy atom. The third kappa shape index (κ3) is 3.07. The molecule has 0 spiro atoms. The fourth-order valence-electron chi connectivity index (χ4n) is 6.13. The molecule has 0 aromatic heterocycles. The highest BCUT2D eigenvalue weighted by Gasteiger charge is 2.68. The average Bonchev–Trinajstić information content (AvgIpc) is 3.48. The molecule has 0 unspecified atom stereocenters. The lowest BCUT2D eigenvalue weighted by Gasteiger charge is -2.37. The molecular formula is C26H31NO4. The quantitative estimate of drug-likeness (QED) is 0.319. The Balaban J connectivity index is 1.38. The minimum Gasteiger partial charge on any atom is -0.425 e. The predicted molar refractivity (Wildman–Crippen MR) is 116 cm³/mol. The number of likely N-dealkylation sites (tertiary alicyclic amines) is 1. The van der Waals surface area contributed by atoms with Gasteiger partial charge in [0, 0.05) is 0 Å². The first-order chi connectivity index (χ1) is 14.6. The summed E-state index contributed by atoms with van der Waals surface area (Å²) in [5.74, 6) is 0.0829. The molecule has 2 saturated carbocycles. The van der Waals surface area contributed by atoms with Crippen LogP contribution >= 0.6 is 0 Å². The normalized spacial score (nSPS) is 34.1. The highest BCUT2D eigenvalue weighted by atomic mass is 16.5. The molecule has 0 N–H and O–H groups in total. The van der Waals surface area contributed by atoms with E-state index in [0.29, 0.717) is 17.6 Å². The van der Waals surface area contributed by atoms with Crippen molar-refractivity contribution in [3.05, 3.63) is 42.0 Å². The Bertz CT molecular complexity index is 934. The van der Waals surface area contributed by atoms with E-state index in [9.17, 15) is 14.4 Å². The number of nitrogens with zero attached hydrogens (tertiary/aromatic N) is 1. The Hall–Kier alpha value is -2.43. The second kappa shape index (κ2) is 6.78. The van der Waals surface area contributed by atoms with E-state index < -0.39 is 12.0 Å². The molecule has 1 aromatic rings. The summed E-state index contributed by atoms with van der Waals surface area (Å²) < 4.78 is 5.67. The lowest BCUT2D eigenvalue weighted by atomic mass is 9.63. The zero-order valence-electron chi connectivity index (χ0n) is 18.9. The Morgan fingerprint density at radius 2 is 1.48 bits per heavy atom. The van der Waals surface area contributed by atoms with Gasteiger partial charge in [0.05, 0.1) is 11.8 Å². The molecule has 1 saturated heterocycles. The molecule has 5 aliphatic rings. The van der Waals surface area contributed by atoms with Crippen LogP contribution in [0.2, 0.25) is 0 Å². The minimum absolute atomic E-state index is 0.00177. The SMILES string of the molecule is CC(C)[C@@H](C(=O)Oc1ccc(C(C)(C)C)cc1)N1C(=O)[C@@H]2[C@H]3C=C[C@@H]([C@@H]4C[C@H]34)[C@@H]2C1=O. The zero-order chi connectivity index (χ0) is 22.2. The molecule has 5 nitrogen and oxygen atoms in total. The molecular weight excluding hydrogens is 390 g/mol. The maximum atomic E-state index is 13.4. The molecule has 1 heterocycles. The number of rotatable bonds is 4. The first kappa shape index (κ1) is 20.5. The molecule has 31 heavy (non-hydrogen) atoms. The van der Waals surface area contributed by atoms with Crippen molar-refractivity contribution < 1.29 is 19.1 Å². The molecule has 1 aromatic carbocycles. The maximum Gasteiger partial charge on any atom is 0.335 e. The number of hydrogen-bond acceptors (Lipinski definition) is 4. The topological polar surface area (TPSA) is 63.7 Å². The van der Waals surface area contributed by atoms with Gasteiger partial charge in [-0.1, -0.05) is 58.9 Å². The number of imide groups is 1. The molecule has 3 fully saturated rings. The standard InChI is InChI=1S/C26H31NO4/c1-13(2)22(25(30)31-15-8-6-14(7-9-15)26(3,4)5)27-23(28)20-16-10-11-17(19-12-18(16)19)21(20)24(27)29/h6-11,13,16-22H,12H2,1-5H3/t16-,17-,18-,19+,20-,21+,22-/m0/s1. The van der Waals surface area contributed by atoms with E-state index in [-0.39, 0.29) is 46.8 Å². The van der Waals surface area contributed by atoms with Crippen LogP contribution in [0.4, 0.5) is 0 Å². The lowest BCUT2D eigenvalue weighted by Crippen LogP contribution is -2.50. The number of benzene rings is 1.